The number of halogens is 1. The van der Waals surface area contributed by atoms with Crippen molar-refractivity contribution in [3.63, 3.8) is 0 Å². The van der Waals surface area contributed by atoms with Gasteiger partial charge in [-0.05, 0) is 37.8 Å². The topological polar surface area (TPSA) is 35.2 Å². The second-order valence-corrected chi connectivity index (χ2v) is 4.30. The number of ether oxygens (including phenoxy) is 1. The molecule has 0 saturated heterocycles. The molecule has 90 valence electrons. The van der Waals surface area contributed by atoms with E-state index in [2.05, 4.69) is 0 Å². The first-order chi connectivity index (χ1) is 7.74. The second kappa shape index (κ2) is 7.66. The molecule has 16 heavy (non-hydrogen) atoms. The molecule has 0 aliphatic rings. The van der Waals surface area contributed by atoms with Crippen molar-refractivity contribution in [2.45, 2.75) is 32.2 Å². The minimum absolute atomic E-state index is 0.167. The fourth-order valence-corrected chi connectivity index (χ4v) is 1.85. The van der Waals surface area contributed by atoms with Crippen molar-refractivity contribution in [1.29, 1.82) is 0 Å². The van der Waals surface area contributed by atoms with E-state index in [0.717, 1.165) is 43.1 Å². The molecule has 1 rings (SSSR count). The first-order valence-corrected chi connectivity index (χ1v) is 6.18. The van der Waals surface area contributed by atoms with Crippen molar-refractivity contribution in [2.24, 2.45) is 5.73 Å². The van der Waals surface area contributed by atoms with Crippen molar-refractivity contribution in [2.75, 3.05) is 13.2 Å². The number of benzene rings is 1. The van der Waals surface area contributed by atoms with Gasteiger partial charge in [-0.3, -0.25) is 0 Å². The van der Waals surface area contributed by atoms with Crippen LogP contribution in [-0.4, -0.2) is 19.3 Å². The van der Waals surface area contributed by atoms with Crippen molar-refractivity contribution < 1.29 is 4.74 Å². The molecule has 1 aromatic rings. The molecular weight excluding hydrogens is 222 g/mol. The number of hydrogen-bond donors (Lipinski definition) is 1. The molecule has 0 radical (unpaired) electrons. The Labute approximate surface area is 103 Å². The van der Waals surface area contributed by atoms with Gasteiger partial charge in [0.1, 0.15) is 0 Å². The van der Waals surface area contributed by atoms with Gasteiger partial charge in [-0.15, -0.1) is 0 Å². The van der Waals surface area contributed by atoms with Crippen LogP contribution in [0.1, 0.15) is 25.3 Å². The summed E-state index contributed by atoms with van der Waals surface area (Å²) < 4.78 is 5.28. The van der Waals surface area contributed by atoms with Crippen LogP contribution in [-0.2, 0) is 11.2 Å². The van der Waals surface area contributed by atoms with Crippen molar-refractivity contribution in [3.05, 3.63) is 34.9 Å². The zero-order valence-corrected chi connectivity index (χ0v) is 10.5. The van der Waals surface area contributed by atoms with Crippen LogP contribution in [0.5, 0.6) is 0 Å². The Hall–Kier alpha value is -0.570. The first-order valence-electron chi connectivity index (χ1n) is 5.80. The molecule has 0 fully saturated rings. The van der Waals surface area contributed by atoms with Crippen LogP contribution in [0, 0.1) is 0 Å². The summed E-state index contributed by atoms with van der Waals surface area (Å²) in [6.45, 7) is 3.58. The van der Waals surface area contributed by atoms with Gasteiger partial charge < -0.3 is 10.5 Å². The summed E-state index contributed by atoms with van der Waals surface area (Å²) in [6, 6.07) is 8.04. The molecule has 0 aliphatic heterocycles. The van der Waals surface area contributed by atoms with E-state index in [1.807, 2.05) is 31.2 Å². The van der Waals surface area contributed by atoms with E-state index in [1.54, 1.807) is 0 Å². The molecule has 0 spiro atoms. The van der Waals surface area contributed by atoms with E-state index in [1.165, 1.54) is 0 Å². The van der Waals surface area contributed by atoms with Gasteiger partial charge in [0.15, 0.2) is 0 Å². The van der Waals surface area contributed by atoms with Crippen LogP contribution in [0.2, 0.25) is 5.02 Å². The summed E-state index contributed by atoms with van der Waals surface area (Å²) >= 11 is 6.07. The maximum Gasteiger partial charge on any atom is 0.0466 e. The quantitative estimate of drug-likeness (QED) is 0.745. The summed E-state index contributed by atoms with van der Waals surface area (Å²) in [5.74, 6) is 0. The van der Waals surface area contributed by atoms with Gasteiger partial charge >= 0.3 is 0 Å². The van der Waals surface area contributed by atoms with Crippen LogP contribution in [0.25, 0.3) is 0 Å². The van der Waals surface area contributed by atoms with Crippen LogP contribution >= 0.6 is 11.6 Å². The molecule has 0 bridgehead atoms. The fraction of sp³-hybridized carbons (Fsp3) is 0.538. The Morgan fingerprint density at radius 2 is 2.12 bits per heavy atom. The highest BCUT2D eigenvalue weighted by molar-refractivity contribution is 6.31. The Bertz CT molecular complexity index is 304. The largest absolute Gasteiger partial charge is 0.382 e. The highest BCUT2D eigenvalue weighted by Crippen LogP contribution is 2.17. The average Bonchev–Trinajstić information content (AvgIpc) is 2.28. The Balaban J connectivity index is 2.28. The van der Waals surface area contributed by atoms with E-state index >= 15 is 0 Å². The molecule has 2 nitrogen and oxygen atoms in total. The SMILES string of the molecule is CCOCCCC(N)Cc1ccccc1Cl. The van der Waals surface area contributed by atoms with E-state index in [9.17, 15) is 0 Å². The molecule has 0 aromatic heterocycles. The predicted octanol–water partition coefficient (Wildman–Crippen LogP) is 3.03. The minimum Gasteiger partial charge on any atom is -0.382 e. The molecule has 3 heteroatoms. The van der Waals surface area contributed by atoms with E-state index in [0.29, 0.717) is 0 Å². The van der Waals surface area contributed by atoms with Gasteiger partial charge in [0, 0.05) is 24.3 Å². The van der Waals surface area contributed by atoms with Gasteiger partial charge in [-0.25, -0.2) is 0 Å². The van der Waals surface area contributed by atoms with Crippen LogP contribution < -0.4 is 5.73 Å². The Kier molecular flexibility index (Phi) is 6.46. The summed E-state index contributed by atoms with van der Waals surface area (Å²) in [4.78, 5) is 0. The molecule has 1 aromatic carbocycles. The van der Waals surface area contributed by atoms with Crippen molar-refractivity contribution in [1.82, 2.24) is 0 Å². The highest BCUT2D eigenvalue weighted by Gasteiger charge is 2.06. The van der Waals surface area contributed by atoms with Crippen molar-refractivity contribution >= 4 is 11.6 Å². The standard InChI is InChI=1S/C13H20ClNO/c1-2-16-9-5-7-12(15)10-11-6-3-4-8-13(11)14/h3-4,6,8,12H,2,5,7,9-10,15H2,1H3. The maximum absolute atomic E-state index is 6.07. The monoisotopic (exact) mass is 241 g/mol. The zero-order valence-electron chi connectivity index (χ0n) is 9.79. The lowest BCUT2D eigenvalue weighted by Gasteiger charge is -2.12. The second-order valence-electron chi connectivity index (χ2n) is 3.89. The van der Waals surface area contributed by atoms with E-state index < -0.39 is 0 Å². The smallest absolute Gasteiger partial charge is 0.0466 e. The third-order valence-electron chi connectivity index (χ3n) is 2.51. The predicted molar refractivity (Wildman–Crippen MR) is 68.9 cm³/mol. The van der Waals surface area contributed by atoms with Gasteiger partial charge in [-0.1, -0.05) is 29.8 Å². The molecule has 0 aliphatic carbocycles. The molecule has 0 heterocycles. The lowest BCUT2D eigenvalue weighted by molar-refractivity contribution is 0.142. The fourth-order valence-electron chi connectivity index (χ4n) is 1.64. The molecule has 1 atom stereocenters. The van der Waals surface area contributed by atoms with Gasteiger partial charge in [0.05, 0.1) is 0 Å². The number of nitrogens with two attached hydrogens (primary N) is 1. The summed E-state index contributed by atoms with van der Waals surface area (Å²) in [5.41, 5.74) is 7.18. The normalized spacial score (nSPS) is 12.7. The molecule has 1 unspecified atom stereocenters. The molecule has 2 N–H and O–H groups in total. The van der Waals surface area contributed by atoms with Crippen LogP contribution in [0.4, 0.5) is 0 Å². The molecular formula is C13H20ClNO. The summed E-state index contributed by atoms with van der Waals surface area (Å²) in [6.07, 6.45) is 2.83. The van der Waals surface area contributed by atoms with E-state index in [-0.39, 0.29) is 6.04 Å². The number of hydrogen-bond acceptors (Lipinski definition) is 2. The maximum atomic E-state index is 6.07. The zero-order chi connectivity index (χ0) is 11.8. The first kappa shape index (κ1) is 13.5. The summed E-state index contributed by atoms with van der Waals surface area (Å²) in [7, 11) is 0. The summed E-state index contributed by atoms with van der Waals surface area (Å²) in [5, 5.41) is 0.808. The van der Waals surface area contributed by atoms with Gasteiger partial charge in [0.2, 0.25) is 0 Å². The van der Waals surface area contributed by atoms with Crippen molar-refractivity contribution in [3.8, 4) is 0 Å². The minimum atomic E-state index is 0.167. The third-order valence-corrected chi connectivity index (χ3v) is 2.88. The lowest BCUT2D eigenvalue weighted by atomic mass is 10.0. The average molecular weight is 242 g/mol. The Morgan fingerprint density at radius 1 is 1.38 bits per heavy atom. The van der Waals surface area contributed by atoms with E-state index in [4.69, 9.17) is 22.1 Å². The van der Waals surface area contributed by atoms with Crippen LogP contribution in [0.3, 0.4) is 0 Å². The van der Waals surface area contributed by atoms with Gasteiger partial charge in [0.25, 0.3) is 0 Å². The lowest BCUT2D eigenvalue weighted by Crippen LogP contribution is -2.23. The third kappa shape index (κ3) is 4.97. The Morgan fingerprint density at radius 3 is 2.81 bits per heavy atom. The number of rotatable bonds is 7. The molecule has 0 amide bonds. The highest BCUT2D eigenvalue weighted by atomic mass is 35.5. The van der Waals surface area contributed by atoms with Crippen LogP contribution in [0.15, 0.2) is 24.3 Å². The van der Waals surface area contributed by atoms with Gasteiger partial charge in [-0.2, -0.15) is 0 Å². The molecule has 0 saturated carbocycles.